The summed E-state index contributed by atoms with van der Waals surface area (Å²) in [4.78, 5) is 36.4. The van der Waals surface area contributed by atoms with Gasteiger partial charge in [0.05, 0.1) is 6.04 Å². The highest BCUT2D eigenvalue weighted by Crippen LogP contribution is 2.24. The zero-order chi connectivity index (χ0) is 17.1. The molecule has 3 amide bonds. The predicted octanol–water partition coefficient (Wildman–Crippen LogP) is 2.28. The maximum atomic E-state index is 12.1. The molecule has 5 nitrogen and oxygen atoms in total. The van der Waals surface area contributed by atoms with Gasteiger partial charge in [0, 0.05) is 25.8 Å². The topological polar surface area (TPSA) is 66.5 Å². The van der Waals surface area contributed by atoms with Gasteiger partial charge in [-0.15, -0.1) is 0 Å². The molecule has 1 aliphatic carbocycles. The van der Waals surface area contributed by atoms with E-state index < -0.39 is 0 Å². The number of aryl methyl sites for hydroxylation is 2. The number of nitrogens with zero attached hydrogens (tertiary/aromatic N) is 1. The van der Waals surface area contributed by atoms with E-state index in [4.69, 9.17) is 0 Å². The van der Waals surface area contributed by atoms with E-state index in [1.807, 2.05) is 6.92 Å². The normalized spacial score (nSPS) is 18.5. The van der Waals surface area contributed by atoms with Crippen LogP contribution in [-0.4, -0.2) is 29.2 Å². The summed E-state index contributed by atoms with van der Waals surface area (Å²) < 4.78 is 0. The van der Waals surface area contributed by atoms with Gasteiger partial charge in [0.1, 0.15) is 0 Å². The van der Waals surface area contributed by atoms with Crippen LogP contribution in [-0.2, 0) is 27.2 Å². The van der Waals surface area contributed by atoms with Crippen LogP contribution < -0.4 is 5.32 Å². The Hall–Kier alpha value is -2.17. The molecule has 0 aromatic heterocycles. The number of imide groups is 1. The van der Waals surface area contributed by atoms with Crippen LogP contribution in [0.15, 0.2) is 18.2 Å². The maximum Gasteiger partial charge on any atom is 0.229 e. The first-order valence-corrected chi connectivity index (χ1v) is 8.79. The Morgan fingerprint density at radius 3 is 2.46 bits per heavy atom. The highest BCUT2D eigenvalue weighted by molar-refractivity contribution is 6.02. The van der Waals surface area contributed by atoms with Gasteiger partial charge in [-0.2, -0.15) is 0 Å². The van der Waals surface area contributed by atoms with Crippen molar-refractivity contribution in [2.24, 2.45) is 0 Å². The number of fused-ring (bicyclic) bond motifs is 1. The number of hydrogen-bond donors (Lipinski definition) is 1. The molecule has 1 N–H and O–H groups in total. The number of amides is 3. The first-order valence-electron chi connectivity index (χ1n) is 8.79. The Balaban J connectivity index is 1.54. The lowest BCUT2D eigenvalue weighted by Crippen LogP contribution is -2.34. The van der Waals surface area contributed by atoms with Gasteiger partial charge < -0.3 is 5.32 Å². The first kappa shape index (κ1) is 16.7. The lowest BCUT2D eigenvalue weighted by molar-refractivity contribution is -0.138. The van der Waals surface area contributed by atoms with Crippen molar-refractivity contribution in [2.75, 3.05) is 6.54 Å². The average Bonchev–Trinajstić information content (AvgIpc) is 2.90. The van der Waals surface area contributed by atoms with Gasteiger partial charge in [0.25, 0.3) is 0 Å². The molecule has 1 atom stereocenters. The fourth-order valence-electron chi connectivity index (χ4n) is 3.51. The van der Waals surface area contributed by atoms with E-state index in [2.05, 4.69) is 23.5 Å². The molecule has 0 spiro atoms. The molecule has 1 unspecified atom stereocenters. The number of carbonyl (C=O) groups excluding carboxylic acids is 3. The van der Waals surface area contributed by atoms with E-state index in [0.29, 0.717) is 0 Å². The molecule has 3 rings (SSSR count). The molecule has 0 saturated carbocycles. The monoisotopic (exact) mass is 328 g/mol. The summed E-state index contributed by atoms with van der Waals surface area (Å²) in [5.41, 5.74) is 3.93. The lowest BCUT2D eigenvalue weighted by atomic mass is 9.89. The van der Waals surface area contributed by atoms with Crippen LogP contribution in [0.3, 0.4) is 0 Å². The average molecular weight is 328 g/mol. The third-order valence-corrected chi connectivity index (χ3v) is 4.97. The van der Waals surface area contributed by atoms with Gasteiger partial charge in [-0.25, -0.2) is 0 Å². The molecule has 24 heavy (non-hydrogen) atoms. The van der Waals surface area contributed by atoms with E-state index in [0.717, 1.165) is 18.4 Å². The largest absolute Gasteiger partial charge is 0.350 e. The zero-order valence-corrected chi connectivity index (χ0v) is 14.1. The van der Waals surface area contributed by atoms with Gasteiger partial charge in [0.2, 0.25) is 17.7 Å². The lowest BCUT2D eigenvalue weighted by Gasteiger charge is -2.20. The molecule has 1 aromatic rings. The zero-order valence-electron chi connectivity index (χ0n) is 14.1. The highest BCUT2D eigenvalue weighted by atomic mass is 16.2. The number of hydrogen-bond acceptors (Lipinski definition) is 3. The summed E-state index contributed by atoms with van der Waals surface area (Å²) in [5, 5.41) is 2.97. The Kier molecular flexibility index (Phi) is 4.97. The van der Waals surface area contributed by atoms with E-state index in [9.17, 15) is 14.4 Å². The molecule has 128 valence electrons. The third-order valence-electron chi connectivity index (χ3n) is 4.97. The van der Waals surface area contributed by atoms with Crippen molar-refractivity contribution in [3.63, 3.8) is 0 Å². The van der Waals surface area contributed by atoms with Crippen LogP contribution in [0.5, 0.6) is 0 Å². The van der Waals surface area contributed by atoms with Crippen LogP contribution in [0.25, 0.3) is 0 Å². The van der Waals surface area contributed by atoms with Crippen molar-refractivity contribution in [3.8, 4) is 0 Å². The van der Waals surface area contributed by atoms with Crippen molar-refractivity contribution in [1.82, 2.24) is 10.2 Å². The molecular weight excluding hydrogens is 304 g/mol. The SMILES string of the molecule is CC(NC(=O)CCN1C(=O)CCC1=O)c1ccc2c(c1)CCCC2. The second-order valence-electron chi connectivity index (χ2n) is 6.71. The van der Waals surface area contributed by atoms with Crippen molar-refractivity contribution in [3.05, 3.63) is 34.9 Å². The van der Waals surface area contributed by atoms with Crippen molar-refractivity contribution in [1.29, 1.82) is 0 Å². The van der Waals surface area contributed by atoms with Gasteiger partial charge in [-0.3, -0.25) is 19.3 Å². The van der Waals surface area contributed by atoms with Gasteiger partial charge in [-0.05, 0) is 49.3 Å². The molecule has 1 fully saturated rings. The number of likely N-dealkylation sites (tertiary alicyclic amines) is 1. The Bertz CT molecular complexity index is 653. The number of carbonyl (C=O) groups is 3. The van der Waals surface area contributed by atoms with Gasteiger partial charge >= 0.3 is 0 Å². The maximum absolute atomic E-state index is 12.1. The standard InChI is InChI=1S/C19H24N2O3/c1-13(15-7-6-14-4-2-3-5-16(14)12-15)20-17(22)10-11-21-18(23)8-9-19(21)24/h6-7,12-13H,2-5,8-11H2,1H3,(H,20,22). The van der Waals surface area contributed by atoms with Crippen LogP contribution >= 0.6 is 0 Å². The Morgan fingerprint density at radius 1 is 1.08 bits per heavy atom. The number of rotatable bonds is 5. The van der Waals surface area contributed by atoms with E-state index in [1.165, 1.54) is 28.9 Å². The molecule has 0 bridgehead atoms. The minimum atomic E-state index is -0.171. The van der Waals surface area contributed by atoms with Crippen LogP contribution in [0, 0.1) is 0 Å². The minimum Gasteiger partial charge on any atom is -0.350 e. The van der Waals surface area contributed by atoms with Crippen LogP contribution in [0.2, 0.25) is 0 Å². The minimum absolute atomic E-state index is 0.0743. The summed E-state index contributed by atoms with van der Waals surface area (Å²) in [6.45, 7) is 2.15. The molecule has 0 radical (unpaired) electrons. The van der Waals surface area contributed by atoms with Gasteiger partial charge in [-0.1, -0.05) is 18.2 Å². The molecule has 1 heterocycles. The second-order valence-corrected chi connectivity index (χ2v) is 6.71. The smallest absolute Gasteiger partial charge is 0.229 e. The summed E-state index contributed by atoms with van der Waals surface area (Å²) >= 11 is 0. The molecule has 1 saturated heterocycles. The third kappa shape index (κ3) is 3.66. The summed E-state index contributed by atoms with van der Waals surface area (Å²) in [6, 6.07) is 6.39. The molecule has 5 heteroatoms. The Morgan fingerprint density at radius 2 is 1.75 bits per heavy atom. The molecule has 1 aliphatic heterocycles. The highest BCUT2D eigenvalue weighted by Gasteiger charge is 2.28. The van der Waals surface area contributed by atoms with E-state index in [-0.39, 0.29) is 49.6 Å². The van der Waals surface area contributed by atoms with Crippen molar-refractivity contribution in [2.45, 2.75) is 57.9 Å². The van der Waals surface area contributed by atoms with Crippen molar-refractivity contribution >= 4 is 17.7 Å². The molecular formula is C19H24N2O3. The first-order chi connectivity index (χ1) is 11.5. The molecule has 1 aromatic carbocycles. The fourth-order valence-corrected chi connectivity index (χ4v) is 3.51. The quantitative estimate of drug-likeness (QED) is 0.843. The second kappa shape index (κ2) is 7.16. The number of benzene rings is 1. The molecule has 2 aliphatic rings. The summed E-state index contributed by atoms with van der Waals surface area (Å²) in [7, 11) is 0. The number of nitrogens with one attached hydrogen (secondary N) is 1. The fraction of sp³-hybridized carbons (Fsp3) is 0.526. The summed E-state index contributed by atoms with van der Waals surface area (Å²) in [6.07, 6.45) is 5.45. The van der Waals surface area contributed by atoms with Crippen LogP contribution in [0.1, 0.15) is 61.8 Å². The summed E-state index contributed by atoms with van der Waals surface area (Å²) in [5.74, 6) is -0.473. The van der Waals surface area contributed by atoms with Gasteiger partial charge in [0.15, 0.2) is 0 Å². The van der Waals surface area contributed by atoms with E-state index in [1.54, 1.807) is 0 Å². The van der Waals surface area contributed by atoms with Crippen LogP contribution in [0.4, 0.5) is 0 Å². The van der Waals surface area contributed by atoms with E-state index >= 15 is 0 Å². The Labute approximate surface area is 142 Å². The van der Waals surface area contributed by atoms with Crippen molar-refractivity contribution < 1.29 is 14.4 Å². The predicted molar refractivity (Wildman–Crippen MR) is 90.2 cm³/mol.